The fraction of sp³-hybridized carbons (Fsp3) is 0.222. The first-order chi connectivity index (χ1) is 6.33. The van der Waals surface area contributed by atoms with E-state index < -0.39 is 0 Å². The monoisotopic (exact) mass is 248 g/mol. The van der Waals surface area contributed by atoms with Crippen molar-refractivity contribution in [1.29, 1.82) is 0 Å². The van der Waals surface area contributed by atoms with E-state index in [4.69, 9.17) is 0 Å². The average molecular weight is 249 g/mol. The van der Waals surface area contributed by atoms with Gasteiger partial charge in [0.15, 0.2) is 0 Å². The lowest BCUT2D eigenvalue weighted by atomic mass is 10.3. The zero-order valence-electron chi connectivity index (χ0n) is 8.52. The molecule has 0 saturated carbocycles. The molecule has 4 nitrogen and oxygen atoms in total. The zero-order chi connectivity index (χ0) is 9.26. The third-order valence-electron chi connectivity index (χ3n) is 2.05. The Kier molecular flexibility index (Phi) is 5.25. The molecule has 0 unspecified atom stereocenters. The summed E-state index contributed by atoms with van der Waals surface area (Å²) < 4.78 is 2.01. The van der Waals surface area contributed by atoms with Crippen molar-refractivity contribution < 1.29 is 0 Å². The van der Waals surface area contributed by atoms with Gasteiger partial charge in [0.2, 0.25) is 5.62 Å². The van der Waals surface area contributed by atoms with Crippen LogP contribution in [0.5, 0.6) is 0 Å². The highest BCUT2D eigenvalue weighted by Gasteiger charge is 1.98. The van der Waals surface area contributed by atoms with Gasteiger partial charge in [-0.05, 0) is 12.1 Å². The summed E-state index contributed by atoms with van der Waals surface area (Å²) in [6.07, 6.45) is 0. The van der Waals surface area contributed by atoms with Gasteiger partial charge in [-0.1, -0.05) is 12.1 Å². The van der Waals surface area contributed by atoms with Crippen LogP contribution in [0.4, 0.5) is 0 Å². The number of benzene rings is 1. The maximum Gasteiger partial charge on any atom is 0.225 e. The number of hydrogen-bond donors (Lipinski definition) is 2. The fourth-order valence-electron chi connectivity index (χ4n) is 1.40. The van der Waals surface area contributed by atoms with Gasteiger partial charge >= 0.3 is 0 Å². The lowest BCUT2D eigenvalue weighted by Gasteiger charge is -1.92. The zero-order valence-corrected chi connectivity index (χ0v) is 10.2. The van der Waals surface area contributed by atoms with E-state index in [1.165, 1.54) is 0 Å². The van der Waals surface area contributed by atoms with Crippen molar-refractivity contribution in [2.24, 2.45) is 12.1 Å². The van der Waals surface area contributed by atoms with Crippen molar-refractivity contribution in [2.75, 3.05) is 7.05 Å². The van der Waals surface area contributed by atoms with E-state index >= 15 is 0 Å². The normalized spacial score (nSPS) is 10.7. The van der Waals surface area contributed by atoms with Crippen LogP contribution in [0, 0.1) is 0 Å². The Morgan fingerprint density at radius 3 is 2.53 bits per heavy atom. The van der Waals surface area contributed by atoms with Crippen LogP contribution in [-0.4, -0.2) is 16.6 Å². The van der Waals surface area contributed by atoms with Gasteiger partial charge in [0, 0.05) is 14.1 Å². The number of nitrogens with zero attached hydrogens (tertiary/aromatic N) is 2. The smallest absolute Gasteiger partial charge is 0.225 e. The molecule has 0 aliphatic carbocycles. The molecule has 0 radical (unpaired) electrons. The number of hydrogen-bond acceptors (Lipinski definition) is 2. The molecule has 0 fully saturated rings. The predicted molar refractivity (Wildman–Crippen MR) is 66.4 cm³/mol. The first-order valence-corrected chi connectivity index (χ1v) is 4.17. The summed E-state index contributed by atoms with van der Waals surface area (Å²) in [5, 5.41) is 4.10. The summed E-state index contributed by atoms with van der Waals surface area (Å²) in [7, 11) is 3.76. The second-order valence-electron chi connectivity index (χ2n) is 2.86. The number of H-pyrrole nitrogens is 1. The second-order valence-corrected chi connectivity index (χ2v) is 2.86. The molecule has 1 heterocycles. The van der Waals surface area contributed by atoms with E-state index in [1.807, 2.05) is 29.8 Å². The molecule has 1 aromatic carbocycles. The molecule has 6 heteroatoms. The number of para-hydroxylation sites is 2. The quantitative estimate of drug-likeness (QED) is 0.737. The standard InChI is InChI=1S/C9H12N4.2ClH/c1-10-12-9-11-7-5-3-4-6-8(7)13(9)2;;/h3-6,10H,1-2H3,(H,11,12);2*1H. The Hall–Kier alpha value is -1.13. The number of fused-ring (bicyclic) bond motifs is 1. The van der Waals surface area contributed by atoms with Crippen LogP contribution >= 0.6 is 24.8 Å². The van der Waals surface area contributed by atoms with Gasteiger partial charge in [0.1, 0.15) is 0 Å². The lowest BCUT2D eigenvalue weighted by Crippen LogP contribution is -2.19. The number of aromatic nitrogens is 2. The highest BCUT2D eigenvalue weighted by molar-refractivity contribution is 5.85. The summed E-state index contributed by atoms with van der Waals surface area (Å²) >= 11 is 0. The maximum absolute atomic E-state index is 4.10. The van der Waals surface area contributed by atoms with Gasteiger partial charge in [-0.2, -0.15) is 0 Å². The van der Waals surface area contributed by atoms with E-state index in [9.17, 15) is 0 Å². The van der Waals surface area contributed by atoms with E-state index in [0.717, 1.165) is 16.7 Å². The number of nitrogens with one attached hydrogen (secondary N) is 2. The molecule has 0 bridgehead atoms. The molecule has 2 rings (SSSR count). The van der Waals surface area contributed by atoms with Gasteiger partial charge < -0.3 is 15.0 Å². The van der Waals surface area contributed by atoms with Gasteiger partial charge in [-0.25, -0.2) is 0 Å². The van der Waals surface area contributed by atoms with Crippen LogP contribution in [0.15, 0.2) is 29.4 Å². The summed E-state index contributed by atoms with van der Waals surface area (Å²) in [6, 6.07) is 8.10. The molecule has 15 heavy (non-hydrogen) atoms. The third kappa shape index (κ3) is 2.46. The molecule has 0 aliphatic heterocycles. The van der Waals surface area contributed by atoms with E-state index in [1.54, 1.807) is 7.05 Å². The van der Waals surface area contributed by atoms with E-state index in [-0.39, 0.29) is 24.8 Å². The minimum absolute atomic E-state index is 0. The number of halogens is 2. The molecule has 2 N–H and O–H groups in total. The molecule has 0 amide bonds. The number of imidazole rings is 1. The van der Waals surface area contributed by atoms with E-state index in [2.05, 4.69) is 21.6 Å². The van der Waals surface area contributed by atoms with E-state index in [0.29, 0.717) is 0 Å². The highest BCUT2D eigenvalue weighted by Crippen LogP contribution is 2.06. The molecule has 0 aliphatic rings. The highest BCUT2D eigenvalue weighted by atomic mass is 35.5. The van der Waals surface area contributed by atoms with Gasteiger partial charge in [-0.15, -0.1) is 29.9 Å². The number of aromatic amines is 1. The Bertz CT molecular complexity index is 486. The van der Waals surface area contributed by atoms with Crippen LogP contribution in [0.2, 0.25) is 0 Å². The van der Waals surface area contributed by atoms with Crippen LogP contribution in [0.1, 0.15) is 0 Å². The fourth-order valence-corrected chi connectivity index (χ4v) is 1.40. The molecule has 2 aromatic rings. The van der Waals surface area contributed by atoms with Crippen LogP contribution in [0.25, 0.3) is 11.0 Å². The molecular weight excluding hydrogens is 235 g/mol. The lowest BCUT2D eigenvalue weighted by molar-refractivity contribution is 0.757. The summed E-state index contributed by atoms with van der Waals surface area (Å²) in [5.74, 6) is 0. The molecule has 0 saturated heterocycles. The van der Waals surface area contributed by atoms with Gasteiger partial charge in [0.25, 0.3) is 0 Å². The van der Waals surface area contributed by atoms with Crippen molar-refractivity contribution in [3.05, 3.63) is 29.9 Å². The maximum atomic E-state index is 4.10. The number of aryl methyl sites for hydroxylation is 1. The first-order valence-electron chi connectivity index (χ1n) is 4.17. The van der Waals surface area contributed by atoms with Crippen molar-refractivity contribution in [3.8, 4) is 0 Å². The van der Waals surface area contributed by atoms with Crippen molar-refractivity contribution in [1.82, 2.24) is 15.0 Å². The van der Waals surface area contributed by atoms with Crippen LogP contribution < -0.4 is 11.0 Å². The topological polar surface area (TPSA) is 45.1 Å². The largest absolute Gasteiger partial charge is 0.323 e. The summed E-state index contributed by atoms with van der Waals surface area (Å²) in [4.78, 5) is 3.20. The molecule has 0 atom stereocenters. The van der Waals surface area contributed by atoms with Crippen molar-refractivity contribution >= 4 is 35.8 Å². The number of rotatable bonds is 1. The second kappa shape index (κ2) is 5.68. The molecular formula is C9H14Cl2N4. The Balaban J connectivity index is 0.000000980. The Morgan fingerprint density at radius 2 is 1.93 bits per heavy atom. The first kappa shape index (κ1) is 13.9. The summed E-state index contributed by atoms with van der Waals surface area (Å²) in [5.41, 5.74) is 5.83. The molecule has 0 spiro atoms. The summed E-state index contributed by atoms with van der Waals surface area (Å²) in [6.45, 7) is 0. The molecule has 1 aromatic heterocycles. The Morgan fingerprint density at radius 1 is 1.27 bits per heavy atom. The third-order valence-corrected chi connectivity index (χ3v) is 2.05. The van der Waals surface area contributed by atoms with Gasteiger partial charge in [-0.3, -0.25) is 0 Å². The SMILES string of the molecule is CNN=c1[nH]c2ccccc2n1C.Cl.Cl. The van der Waals surface area contributed by atoms with Crippen LogP contribution in [0.3, 0.4) is 0 Å². The molecule has 84 valence electrons. The average Bonchev–Trinajstić information content (AvgIpc) is 2.46. The minimum atomic E-state index is 0. The van der Waals surface area contributed by atoms with Gasteiger partial charge in [0.05, 0.1) is 11.0 Å². The van der Waals surface area contributed by atoms with Crippen molar-refractivity contribution in [3.63, 3.8) is 0 Å². The van der Waals surface area contributed by atoms with Crippen molar-refractivity contribution in [2.45, 2.75) is 0 Å². The minimum Gasteiger partial charge on any atom is -0.323 e. The van der Waals surface area contributed by atoms with Crippen LogP contribution in [-0.2, 0) is 7.05 Å². The predicted octanol–water partition coefficient (Wildman–Crippen LogP) is 1.39. The Labute approximate surface area is 100 Å².